The Hall–Kier alpha value is -3.82. The maximum atomic E-state index is 13.0. The number of fused-ring (bicyclic) bond motifs is 2. The van der Waals surface area contributed by atoms with Crippen LogP contribution in [0, 0.1) is 13.8 Å². The number of nitrogens with one attached hydrogen (secondary N) is 1. The van der Waals surface area contributed by atoms with Gasteiger partial charge in [0.15, 0.2) is 10.8 Å². The molecule has 1 saturated heterocycles. The Kier molecular flexibility index (Phi) is 5.66. The van der Waals surface area contributed by atoms with Gasteiger partial charge in [0, 0.05) is 37.1 Å². The summed E-state index contributed by atoms with van der Waals surface area (Å²) in [5.41, 5.74) is 5.39. The molecule has 1 amide bonds. The van der Waals surface area contributed by atoms with Crippen molar-refractivity contribution >= 4 is 49.4 Å². The highest BCUT2D eigenvalue weighted by atomic mass is 32.1. The van der Waals surface area contributed by atoms with E-state index in [-0.39, 0.29) is 5.91 Å². The smallest absolute Gasteiger partial charge is 0.253 e. The van der Waals surface area contributed by atoms with Gasteiger partial charge in [0.2, 0.25) is 0 Å². The van der Waals surface area contributed by atoms with E-state index < -0.39 is 0 Å². The van der Waals surface area contributed by atoms with Crippen LogP contribution in [-0.4, -0.2) is 68.7 Å². The molecule has 1 N–H and O–H groups in total. The molecule has 8 nitrogen and oxygen atoms in total. The number of aryl methyl sites for hydroxylation is 2. The van der Waals surface area contributed by atoms with Crippen molar-refractivity contribution in [2.24, 2.45) is 0 Å². The zero-order valence-corrected chi connectivity index (χ0v) is 21.3. The average molecular weight is 498 g/mol. The summed E-state index contributed by atoms with van der Waals surface area (Å²) in [5.74, 6) is 0.796. The fraction of sp³-hybridized carbons (Fsp3) is 0.259. The highest BCUT2D eigenvalue weighted by Gasteiger charge is 2.21. The highest BCUT2D eigenvalue weighted by Crippen LogP contribution is 2.31. The molecule has 0 atom stereocenters. The number of para-hydroxylation sites is 1. The quantitative estimate of drug-likeness (QED) is 0.385. The van der Waals surface area contributed by atoms with Crippen LogP contribution in [0.25, 0.3) is 26.9 Å². The maximum Gasteiger partial charge on any atom is 0.253 e. The number of pyridine rings is 1. The van der Waals surface area contributed by atoms with Gasteiger partial charge < -0.3 is 15.1 Å². The molecular formula is C27H27N7OS. The van der Waals surface area contributed by atoms with E-state index in [1.165, 1.54) is 11.3 Å². The van der Waals surface area contributed by atoms with Crippen LogP contribution in [0.1, 0.15) is 21.6 Å². The van der Waals surface area contributed by atoms with Gasteiger partial charge in [-0.25, -0.2) is 14.6 Å². The third-order valence-electron chi connectivity index (χ3n) is 6.67. The number of hydrogen-bond acceptors (Lipinski definition) is 7. The molecule has 36 heavy (non-hydrogen) atoms. The van der Waals surface area contributed by atoms with Crippen LogP contribution in [0.5, 0.6) is 0 Å². The number of rotatable bonds is 4. The zero-order chi connectivity index (χ0) is 24.8. The highest BCUT2D eigenvalue weighted by molar-refractivity contribution is 7.22. The largest absolute Gasteiger partial charge is 0.336 e. The number of amides is 1. The first-order chi connectivity index (χ1) is 17.5. The number of carbonyl (C=O) groups is 1. The van der Waals surface area contributed by atoms with Gasteiger partial charge in [0.05, 0.1) is 21.6 Å². The summed E-state index contributed by atoms with van der Waals surface area (Å²) in [6, 6.07) is 17.8. The third kappa shape index (κ3) is 4.10. The first-order valence-electron chi connectivity index (χ1n) is 12.0. The molecule has 9 heteroatoms. The molecule has 0 spiro atoms. The predicted molar refractivity (Wildman–Crippen MR) is 145 cm³/mol. The molecule has 1 fully saturated rings. The second kappa shape index (κ2) is 9.00. The first-order valence-corrected chi connectivity index (χ1v) is 12.9. The van der Waals surface area contributed by atoms with Gasteiger partial charge in [-0.05, 0) is 62.9 Å². The average Bonchev–Trinajstić information content (AvgIpc) is 3.44. The van der Waals surface area contributed by atoms with Crippen molar-refractivity contribution in [3.63, 3.8) is 0 Å². The summed E-state index contributed by atoms with van der Waals surface area (Å²) in [6.45, 7) is 7.42. The first kappa shape index (κ1) is 22.6. The Morgan fingerprint density at radius 1 is 0.972 bits per heavy atom. The van der Waals surface area contributed by atoms with Gasteiger partial charge in [0.25, 0.3) is 5.91 Å². The summed E-state index contributed by atoms with van der Waals surface area (Å²) in [4.78, 5) is 26.8. The fourth-order valence-corrected chi connectivity index (χ4v) is 5.64. The summed E-state index contributed by atoms with van der Waals surface area (Å²) in [5, 5.41) is 9.93. The number of nitrogens with zero attached hydrogens (tertiary/aromatic N) is 6. The Balaban J connectivity index is 1.30. The lowest BCUT2D eigenvalue weighted by molar-refractivity contribution is 0.0664. The Morgan fingerprint density at radius 2 is 1.75 bits per heavy atom. The van der Waals surface area contributed by atoms with Crippen LogP contribution in [0.3, 0.4) is 0 Å². The maximum absolute atomic E-state index is 13.0. The lowest BCUT2D eigenvalue weighted by Crippen LogP contribution is -2.47. The van der Waals surface area contributed by atoms with Crippen molar-refractivity contribution < 1.29 is 4.79 Å². The molecule has 1 aliphatic rings. The van der Waals surface area contributed by atoms with E-state index in [4.69, 9.17) is 15.1 Å². The molecule has 3 aromatic heterocycles. The van der Waals surface area contributed by atoms with Crippen LogP contribution in [-0.2, 0) is 0 Å². The minimum absolute atomic E-state index is 0.0835. The Labute approximate surface area is 213 Å². The number of hydrogen-bond donors (Lipinski definition) is 1. The standard InChI is InChI=1S/C27H27N7OS/c1-17-15-23(29-25-24(17)18(2)31-34(25)20-7-5-4-6-8-20)30-27-28-21-10-9-19(16-22(21)36-27)26(35)33-13-11-32(3)12-14-33/h4-10,15-16H,11-14H2,1-3H3,(H,28,29,30). The van der Waals surface area contributed by atoms with E-state index in [9.17, 15) is 4.79 Å². The lowest BCUT2D eigenvalue weighted by atomic mass is 10.1. The summed E-state index contributed by atoms with van der Waals surface area (Å²) >= 11 is 1.52. The minimum atomic E-state index is 0.0835. The van der Waals surface area contributed by atoms with Crippen molar-refractivity contribution in [2.45, 2.75) is 13.8 Å². The van der Waals surface area contributed by atoms with Crippen molar-refractivity contribution in [3.8, 4) is 5.69 Å². The second-order valence-electron chi connectivity index (χ2n) is 9.28. The Morgan fingerprint density at radius 3 is 2.53 bits per heavy atom. The van der Waals surface area contributed by atoms with Crippen molar-refractivity contribution in [3.05, 3.63) is 71.4 Å². The van der Waals surface area contributed by atoms with Crippen molar-refractivity contribution in [1.29, 1.82) is 0 Å². The van der Waals surface area contributed by atoms with Crippen LogP contribution < -0.4 is 5.32 Å². The topological polar surface area (TPSA) is 79.2 Å². The monoisotopic (exact) mass is 497 g/mol. The molecule has 0 radical (unpaired) electrons. The summed E-state index contributed by atoms with van der Waals surface area (Å²) in [6.07, 6.45) is 0. The molecule has 182 valence electrons. The molecule has 0 unspecified atom stereocenters. The molecule has 6 rings (SSSR count). The predicted octanol–water partition coefficient (Wildman–Crippen LogP) is 4.78. The normalized spacial score (nSPS) is 14.6. The van der Waals surface area contributed by atoms with Crippen molar-refractivity contribution in [2.75, 3.05) is 38.5 Å². The number of carbonyl (C=O) groups excluding carboxylic acids is 1. The van der Waals surface area contributed by atoms with E-state index in [2.05, 4.69) is 24.2 Å². The molecular weight excluding hydrogens is 470 g/mol. The van der Waals surface area contributed by atoms with Gasteiger partial charge >= 0.3 is 0 Å². The lowest BCUT2D eigenvalue weighted by Gasteiger charge is -2.32. The number of likely N-dealkylation sites (N-methyl/N-ethyl adjacent to an activating group) is 1. The van der Waals surface area contributed by atoms with Gasteiger partial charge in [-0.1, -0.05) is 29.5 Å². The van der Waals surface area contributed by atoms with E-state index in [0.717, 1.165) is 69.5 Å². The molecule has 0 bridgehead atoms. The van der Waals surface area contributed by atoms with E-state index in [0.29, 0.717) is 11.4 Å². The number of aromatic nitrogens is 4. The summed E-state index contributed by atoms with van der Waals surface area (Å²) < 4.78 is 2.86. The van der Waals surface area contributed by atoms with E-state index in [1.807, 2.05) is 71.1 Å². The minimum Gasteiger partial charge on any atom is -0.336 e. The van der Waals surface area contributed by atoms with Crippen LogP contribution in [0.15, 0.2) is 54.6 Å². The molecule has 1 aliphatic heterocycles. The number of thiazole rings is 1. The molecule has 4 heterocycles. The SMILES string of the molecule is Cc1cc(Nc2nc3ccc(C(=O)N4CCN(C)CC4)cc3s2)nc2c1c(C)nn2-c1ccccc1. The fourth-order valence-electron chi connectivity index (χ4n) is 4.73. The molecule has 0 saturated carbocycles. The van der Waals surface area contributed by atoms with Gasteiger partial charge in [-0.2, -0.15) is 5.10 Å². The number of anilines is 2. The summed E-state index contributed by atoms with van der Waals surface area (Å²) in [7, 11) is 2.09. The van der Waals surface area contributed by atoms with Gasteiger partial charge in [-0.3, -0.25) is 4.79 Å². The van der Waals surface area contributed by atoms with Crippen LogP contribution >= 0.6 is 11.3 Å². The van der Waals surface area contributed by atoms with Gasteiger partial charge in [0.1, 0.15) is 5.82 Å². The van der Waals surface area contributed by atoms with E-state index >= 15 is 0 Å². The molecule has 5 aromatic rings. The Bertz CT molecular complexity index is 1580. The zero-order valence-electron chi connectivity index (χ0n) is 20.5. The number of benzene rings is 2. The van der Waals surface area contributed by atoms with Crippen molar-refractivity contribution in [1.82, 2.24) is 29.5 Å². The van der Waals surface area contributed by atoms with E-state index in [1.54, 1.807) is 0 Å². The second-order valence-corrected chi connectivity index (χ2v) is 10.3. The number of piperazine rings is 1. The molecule has 2 aromatic carbocycles. The van der Waals surface area contributed by atoms with Crippen LogP contribution in [0.4, 0.5) is 10.9 Å². The third-order valence-corrected chi connectivity index (χ3v) is 7.61. The van der Waals surface area contributed by atoms with Gasteiger partial charge in [-0.15, -0.1) is 0 Å². The van der Waals surface area contributed by atoms with Crippen LogP contribution in [0.2, 0.25) is 0 Å². The molecule has 0 aliphatic carbocycles.